The zero-order valence-electron chi connectivity index (χ0n) is 16.8. The molecule has 1 amide bonds. The molecule has 0 radical (unpaired) electrons. The lowest BCUT2D eigenvalue weighted by Gasteiger charge is -2.12. The van der Waals surface area contributed by atoms with Crippen LogP contribution in [0.4, 0.5) is 5.69 Å². The van der Waals surface area contributed by atoms with Gasteiger partial charge in [0.2, 0.25) is 5.91 Å². The van der Waals surface area contributed by atoms with Gasteiger partial charge in [0.05, 0.1) is 23.2 Å². The number of rotatable bonds is 8. The maximum atomic E-state index is 12.3. The second-order valence-electron chi connectivity index (χ2n) is 7.10. The van der Waals surface area contributed by atoms with Gasteiger partial charge in [0.1, 0.15) is 0 Å². The second kappa shape index (κ2) is 9.69. The molecule has 0 aromatic heterocycles. The van der Waals surface area contributed by atoms with Crippen molar-refractivity contribution in [2.75, 3.05) is 11.1 Å². The lowest BCUT2D eigenvalue weighted by Crippen LogP contribution is -2.14. The highest BCUT2D eigenvalue weighted by molar-refractivity contribution is 7.91. The fourth-order valence-corrected chi connectivity index (χ4v) is 4.00. The Balaban J connectivity index is 1.56. The predicted octanol–water partition coefficient (Wildman–Crippen LogP) is 3.94. The number of aliphatic hydroxyl groups excluding tert-OH is 1. The fourth-order valence-electron chi connectivity index (χ4n) is 3.12. The SMILES string of the molecule is CCS(=O)(=O)c1ccc(CC(=O)Nc2ccc(C(O)Cc3ccccc3)cc2)cc1. The quantitative estimate of drug-likeness (QED) is 0.575. The molecule has 0 saturated carbocycles. The van der Waals surface area contributed by atoms with Crippen molar-refractivity contribution in [3.05, 3.63) is 95.6 Å². The second-order valence-corrected chi connectivity index (χ2v) is 9.38. The number of hydrogen-bond donors (Lipinski definition) is 2. The summed E-state index contributed by atoms with van der Waals surface area (Å²) in [5, 5.41) is 13.2. The van der Waals surface area contributed by atoms with Gasteiger partial charge in [0.15, 0.2) is 9.84 Å². The van der Waals surface area contributed by atoms with Gasteiger partial charge >= 0.3 is 0 Å². The van der Waals surface area contributed by atoms with Gasteiger partial charge in [-0.3, -0.25) is 4.79 Å². The highest BCUT2D eigenvalue weighted by Crippen LogP contribution is 2.20. The number of carbonyl (C=O) groups is 1. The number of aliphatic hydroxyl groups is 1. The molecule has 0 aliphatic rings. The van der Waals surface area contributed by atoms with Crippen molar-refractivity contribution in [1.82, 2.24) is 0 Å². The van der Waals surface area contributed by atoms with Crippen LogP contribution >= 0.6 is 0 Å². The van der Waals surface area contributed by atoms with Gasteiger partial charge in [-0.1, -0.05) is 61.5 Å². The first-order valence-corrected chi connectivity index (χ1v) is 11.5. The molecule has 0 spiro atoms. The summed E-state index contributed by atoms with van der Waals surface area (Å²) in [6.07, 6.45) is 0.0521. The number of benzene rings is 3. The van der Waals surface area contributed by atoms with Crippen LogP contribution in [0.3, 0.4) is 0 Å². The number of amides is 1. The van der Waals surface area contributed by atoms with Crippen molar-refractivity contribution in [2.24, 2.45) is 0 Å². The highest BCUT2D eigenvalue weighted by Gasteiger charge is 2.12. The topological polar surface area (TPSA) is 83.5 Å². The molecule has 3 aromatic carbocycles. The molecule has 0 aliphatic carbocycles. The third kappa shape index (κ3) is 5.78. The molecule has 0 fully saturated rings. The molecule has 6 heteroatoms. The van der Waals surface area contributed by atoms with E-state index in [9.17, 15) is 18.3 Å². The monoisotopic (exact) mass is 423 g/mol. The van der Waals surface area contributed by atoms with Crippen LogP contribution in [-0.4, -0.2) is 25.2 Å². The predicted molar refractivity (Wildman–Crippen MR) is 118 cm³/mol. The molecule has 0 aliphatic heterocycles. The van der Waals surface area contributed by atoms with Crippen LogP contribution in [-0.2, 0) is 27.5 Å². The molecule has 0 bridgehead atoms. The van der Waals surface area contributed by atoms with Crippen molar-refractivity contribution in [2.45, 2.75) is 30.8 Å². The Hall–Kier alpha value is -2.96. The van der Waals surface area contributed by atoms with Gasteiger partial charge in [0, 0.05) is 12.1 Å². The third-order valence-corrected chi connectivity index (χ3v) is 6.63. The van der Waals surface area contributed by atoms with Crippen molar-refractivity contribution in [3.8, 4) is 0 Å². The summed E-state index contributed by atoms with van der Waals surface area (Å²) < 4.78 is 23.7. The molecular weight excluding hydrogens is 398 g/mol. The Bertz CT molecular complexity index is 1080. The molecule has 0 heterocycles. The largest absolute Gasteiger partial charge is 0.388 e. The van der Waals surface area contributed by atoms with E-state index in [0.717, 1.165) is 16.7 Å². The Labute approximate surface area is 177 Å². The van der Waals surface area contributed by atoms with Crippen LogP contribution in [0.2, 0.25) is 0 Å². The molecule has 0 saturated heterocycles. The number of carbonyl (C=O) groups excluding carboxylic acids is 1. The summed E-state index contributed by atoms with van der Waals surface area (Å²) in [5.41, 5.74) is 3.21. The summed E-state index contributed by atoms with van der Waals surface area (Å²) in [5.74, 6) is -0.151. The zero-order valence-corrected chi connectivity index (χ0v) is 17.6. The van der Waals surface area contributed by atoms with Gasteiger partial charge < -0.3 is 10.4 Å². The van der Waals surface area contributed by atoms with Crippen LogP contribution in [0.25, 0.3) is 0 Å². The lowest BCUT2D eigenvalue weighted by atomic mass is 10.0. The number of hydrogen-bond acceptors (Lipinski definition) is 4. The summed E-state index contributed by atoms with van der Waals surface area (Å²) >= 11 is 0. The van der Waals surface area contributed by atoms with Crippen molar-refractivity contribution in [1.29, 1.82) is 0 Å². The van der Waals surface area contributed by atoms with Crippen molar-refractivity contribution in [3.63, 3.8) is 0 Å². The van der Waals surface area contributed by atoms with Crippen LogP contribution in [0.5, 0.6) is 0 Å². The third-order valence-electron chi connectivity index (χ3n) is 4.88. The van der Waals surface area contributed by atoms with E-state index >= 15 is 0 Å². The maximum Gasteiger partial charge on any atom is 0.228 e. The van der Waals surface area contributed by atoms with E-state index in [4.69, 9.17) is 0 Å². The van der Waals surface area contributed by atoms with E-state index in [1.807, 2.05) is 30.3 Å². The molecule has 1 unspecified atom stereocenters. The number of anilines is 1. The number of nitrogens with one attached hydrogen (secondary N) is 1. The summed E-state index contributed by atoms with van der Waals surface area (Å²) in [6.45, 7) is 1.60. The molecular formula is C24H25NO4S. The minimum Gasteiger partial charge on any atom is -0.388 e. The normalized spacial score (nSPS) is 12.3. The Morgan fingerprint density at radius 3 is 2.13 bits per heavy atom. The number of sulfone groups is 1. The van der Waals surface area contributed by atoms with Gasteiger partial charge in [-0.15, -0.1) is 0 Å². The lowest BCUT2D eigenvalue weighted by molar-refractivity contribution is -0.115. The molecule has 156 valence electrons. The Morgan fingerprint density at radius 1 is 0.900 bits per heavy atom. The summed E-state index contributed by atoms with van der Waals surface area (Å²) in [4.78, 5) is 12.6. The van der Waals surface area contributed by atoms with Crippen LogP contribution in [0, 0.1) is 0 Å². The van der Waals surface area contributed by atoms with Gasteiger partial charge in [-0.25, -0.2) is 8.42 Å². The van der Waals surface area contributed by atoms with Crippen molar-refractivity contribution >= 4 is 21.4 Å². The zero-order chi connectivity index (χ0) is 21.6. The van der Waals surface area contributed by atoms with Gasteiger partial charge in [-0.05, 0) is 41.0 Å². The molecule has 3 aromatic rings. The van der Waals surface area contributed by atoms with Crippen LogP contribution < -0.4 is 5.32 Å². The minimum atomic E-state index is -3.24. The molecule has 30 heavy (non-hydrogen) atoms. The van der Waals surface area contributed by atoms with E-state index in [0.29, 0.717) is 12.1 Å². The van der Waals surface area contributed by atoms with Gasteiger partial charge in [0.25, 0.3) is 0 Å². The first-order valence-electron chi connectivity index (χ1n) is 9.81. The van der Waals surface area contributed by atoms with E-state index in [1.54, 1.807) is 43.3 Å². The van der Waals surface area contributed by atoms with Crippen LogP contribution in [0.1, 0.15) is 29.7 Å². The van der Waals surface area contributed by atoms with E-state index in [1.165, 1.54) is 12.1 Å². The average molecular weight is 424 g/mol. The Kier molecular flexibility index (Phi) is 7.03. The average Bonchev–Trinajstić information content (AvgIpc) is 2.75. The van der Waals surface area contributed by atoms with Crippen LogP contribution in [0.15, 0.2) is 83.8 Å². The molecule has 3 rings (SSSR count). The highest BCUT2D eigenvalue weighted by atomic mass is 32.2. The molecule has 5 nitrogen and oxygen atoms in total. The fraction of sp³-hybridized carbons (Fsp3) is 0.208. The first-order chi connectivity index (χ1) is 14.4. The van der Waals surface area contributed by atoms with Crippen molar-refractivity contribution < 1.29 is 18.3 Å². The molecule has 2 N–H and O–H groups in total. The van der Waals surface area contributed by atoms with Gasteiger partial charge in [-0.2, -0.15) is 0 Å². The van der Waals surface area contributed by atoms with E-state index in [2.05, 4.69) is 5.32 Å². The summed E-state index contributed by atoms with van der Waals surface area (Å²) in [6, 6.07) is 23.3. The minimum absolute atomic E-state index is 0.0445. The first kappa shape index (κ1) is 21.7. The standard InChI is InChI=1S/C24H25NO4S/c1-2-30(28,29)22-14-8-19(9-15-22)17-24(27)25-21-12-10-20(11-13-21)23(26)16-18-6-4-3-5-7-18/h3-15,23,26H,2,16-17H2,1H3,(H,25,27). The Morgan fingerprint density at radius 2 is 1.53 bits per heavy atom. The van der Waals surface area contributed by atoms with E-state index < -0.39 is 15.9 Å². The molecule has 1 atom stereocenters. The smallest absolute Gasteiger partial charge is 0.228 e. The summed E-state index contributed by atoms with van der Waals surface area (Å²) in [7, 11) is -3.24. The maximum absolute atomic E-state index is 12.3. The van der Waals surface area contributed by atoms with E-state index in [-0.39, 0.29) is 23.0 Å².